The van der Waals surface area contributed by atoms with E-state index in [9.17, 15) is 4.79 Å². The van der Waals surface area contributed by atoms with E-state index in [1.165, 1.54) is 12.4 Å². The molecular formula is C18H24N4O3. The first kappa shape index (κ1) is 18.5. The van der Waals surface area contributed by atoms with Gasteiger partial charge in [-0.25, -0.2) is 9.97 Å². The number of rotatable bonds is 8. The van der Waals surface area contributed by atoms with E-state index in [1.54, 1.807) is 20.3 Å². The van der Waals surface area contributed by atoms with Gasteiger partial charge in [-0.2, -0.15) is 0 Å². The molecule has 0 bridgehead atoms. The molecule has 134 valence electrons. The molecule has 2 rings (SSSR count). The van der Waals surface area contributed by atoms with Crippen LogP contribution in [0.4, 0.5) is 5.95 Å². The van der Waals surface area contributed by atoms with Crippen LogP contribution < -0.4 is 20.1 Å². The number of hydrogen-bond acceptors (Lipinski definition) is 6. The lowest BCUT2D eigenvalue weighted by Gasteiger charge is -2.10. The summed E-state index contributed by atoms with van der Waals surface area (Å²) in [4.78, 5) is 20.5. The lowest BCUT2D eigenvalue weighted by molar-refractivity contribution is 0.0950. The standard InChI is InChI=1S/C18H24N4O3/c1-12(2)8-20-18-21-10-14(11-22-18)17(23)19-9-13-5-6-15(24-3)16(7-13)25-4/h5-7,10-12H,8-9H2,1-4H3,(H,19,23)(H,20,21,22). The van der Waals surface area contributed by atoms with Crippen molar-refractivity contribution in [2.45, 2.75) is 20.4 Å². The number of ether oxygens (including phenoxy) is 2. The number of benzene rings is 1. The first-order valence-electron chi connectivity index (χ1n) is 8.08. The van der Waals surface area contributed by atoms with Gasteiger partial charge in [0.15, 0.2) is 11.5 Å². The van der Waals surface area contributed by atoms with Crippen molar-refractivity contribution < 1.29 is 14.3 Å². The quantitative estimate of drug-likeness (QED) is 0.765. The highest BCUT2D eigenvalue weighted by Gasteiger charge is 2.09. The molecule has 0 radical (unpaired) electrons. The molecule has 0 aliphatic carbocycles. The van der Waals surface area contributed by atoms with Gasteiger partial charge < -0.3 is 20.1 Å². The number of nitrogens with one attached hydrogen (secondary N) is 2. The number of methoxy groups -OCH3 is 2. The first-order valence-corrected chi connectivity index (χ1v) is 8.08. The second kappa shape index (κ2) is 8.86. The van der Waals surface area contributed by atoms with Crippen molar-refractivity contribution >= 4 is 11.9 Å². The number of nitrogens with zero attached hydrogens (tertiary/aromatic N) is 2. The SMILES string of the molecule is COc1ccc(CNC(=O)c2cnc(NCC(C)C)nc2)cc1OC. The zero-order valence-electron chi connectivity index (χ0n) is 15.0. The van der Waals surface area contributed by atoms with Gasteiger partial charge in [-0.05, 0) is 23.6 Å². The minimum Gasteiger partial charge on any atom is -0.493 e. The van der Waals surface area contributed by atoms with E-state index in [2.05, 4.69) is 34.4 Å². The van der Waals surface area contributed by atoms with Gasteiger partial charge in [0.2, 0.25) is 5.95 Å². The fourth-order valence-electron chi connectivity index (χ4n) is 2.11. The number of carbonyl (C=O) groups excluding carboxylic acids is 1. The molecule has 0 atom stereocenters. The van der Waals surface area contributed by atoms with Crippen molar-refractivity contribution in [2.24, 2.45) is 5.92 Å². The molecule has 25 heavy (non-hydrogen) atoms. The van der Waals surface area contributed by atoms with Crippen LogP contribution in [0.1, 0.15) is 29.8 Å². The van der Waals surface area contributed by atoms with Crippen LogP contribution in [0.3, 0.4) is 0 Å². The Labute approximate surface area is 147 Å². The van der Waals surface area contributed by atoms with Gasteiger partial charge in [-0.3, -0.25) is 4.79 Å². The Morgan fingerprint density at radius 3 is 2.40 bits per heavy atom. The third kappa shape index (κ3) is 5.34. The molecule has 0 saturated carbocycles. The lowest BCUT2D eigenvalue weighted by atomic mass is 10.2. The molecule has 2 aromatic rings. The lowest BCUT2D eigenvalue weighted by Crippen LogP contribution is -2.23. The maximum absolute atomic E-state index is 12.2. The Bertz CT molecular complexity index is 702. The molecule has 7 heteroatoms. The molecular weight excluding hydrogens is 320 g/mol. The number of carbonyl (C=O) groups is 1. The molecule has 1 heterocycles. The van der Waals surface area contributed by atoms with Gasteiger partial charge in [0.25, 0.3) is 5.91 Å². The van der Waals surface area contributed by atoms with Crippen molar-refractivity contribution in [3.05, 3.63) is 41.7 Å². The Hall–Kier alpha value is -2.83. The molecule has 0 aliphatic heterocycles. The molecule has 0 saturated heterocycles. The van der Waals surface area contributed by atoms with E-state index in [1.807, 2.05) is 12.1 Å². The van der Waals surface area contributed by atoms with Crippen molar-refractivity contribution in [1.82, 2.24) is 15.3 Å². The zero-order chi connectivity index (χ0) is 18.2. The van der Waals surface area contributed by atoms with Crippen LogP contribution in [0.5, 0.6) is 11.5 Å². The average Bonchev–Trinajstić information content (AvgIpc) is 2.64. The van der Waals surface area contributed by atoms with Crippen LogP contribution >= 0.6 is 0 Å². The van der Waals surface area contributed by atoms with E-state index in [4.69, 9.17) is 9.47 Å². The Balaban J connectivity index is 1.93. The van der Waals surface area contributed by atoms with Crippen molar-refractivity contribution in [1.29, 1.82) is 0 Å². The summed E-state index contributed by atoms with van der Waals surface area (Å²) in [5, 5.41) is 5.95. The third-order valence-electron chi connectivity index (χ3n) is 3.48. The number of amides is 1. The molecule has 7 nitrogen and oxygen atoms in total. The summed E-state index contributed by atoms with van der Waals surface area (Å²) in [5.41, 5.74) is 1.32. The Kier molecular flexibility index (Phi) is 6.56. The van der Waals surface area contributed by atoms with Crippen LogP contribution in [0.15, 0.2) is 30.6 Å². The maximum Gasteiger partial charge on any atom is 0.254 e. The summed E-state index contributed by atoms with van der Waals surface area (Å²) in [7, 11) is 3.16. The van der Waals surface area contributed by atoms with E-state index < -0.39 is 0 Å². The van der Waals surface area contributed by atoms with Gasteiger partial charge >= 0.3 is 0 Å². The molecule has 1 amide bonds. The van der Waals surface area contributed by atoms with Crippen LogP contribution in [0, 0.1) is 5.92 Å². The third-order valence-corrected chi connectivity index (χ3v) is 3.48. The summed E-state index contributed by atoms with van der Waals surface area (Å²) < 4.78 is 10.5. The number of anilines is 1. The highest BCUT2D eigenvalue weighted by atomic mass is 16.5. The minimum atomic E-state index is -0.231. The molecule has 1 aromatic heterocycles. The molecule has 0 unspecified atom stereocenters. The minimum absolute atomic E-state index is 0.231. The van der Waals surface area contributed by atoms with Crippen molar-refractivity contribution in [2.75, 3.05) is 26.1 Å². The van der Waals surface area contributed by atoms with E-state index in [0.29, 0.717) is 35.5 Å². The number of aromatic nitrogens is 2. The van der Waals surface area contributed by atoms with Crippen molar-refractivity contribution in [3.8, 4) is 11.5 Å². The topological polar surface area (TPSA) is 85.4 Å². The van der Waals surface area contributed by atoms with Crippen LogP contribution in [0.2, 0.25) is 0 Å². The Morgan fingerprint density at radius 2 is 1.80 bits per heavy atom. The maximum atomic E-state index is 12.2. The zero-order valence-corrected chi connectivity index (χ0v) is 15.0. The van der Waals surface area contributed by atoms with E-state index >= 15 is 0 Å². The van der Waals surface area contributed by atoms with E-state index in [0.717, 1.165) is 12.1 Å². The summed E-state index contributed by atoms with van der Waals surface area (Å²) in [6.07, 6.45) is 3.03. The van der Waals surface area contributed by atoms with Crippen LogP contribution in [-0.4, -0.2) is 36.6 Å². The van der Waals surface area contributed by atoms with E-state index in [-0.39, 0.29) is 5.91 Å². The second-order valence-corrected chi connectivity index (χ2v) is 5.94. The van der Waals surface area contributed by atoms with Gasteiger partial charge in [-0.1, -0.05) is 19.9 Å². The summed E-state index contributed by atoms with van der Waals surface area (Å²) in [6.45, 7) is 5.35. The number of hydrogen-bond donors (Lipinski definition) is 2. The molecule has 0 fully saturated rings. The molecule has 1 aromatic carbocycles. The van der Waals surface area contributed by atoms with Gasteiger partial charge in [-0.15, -0.1) is 0 Å². The van der Waals surface area contributed by atoms with Gasteiger partial charge in [0, 0.05) is 25.5 Å². The van der Waals surface area contributed by atoms with Gasteiger partial charge in [0.1, 0.15) is 0 Å². The smallest absolute Gasteiger partial charge is 0.254 e. The summed E-state index contributed by atoms with van der Waals surface area (Å²) in [5.74, 6) is 2.05. The predicted molar refractivity (Wildman–Crippen MR) is 96.1 cm³/mol. The Morgan fingerprint density at radius 1 is 1.12 bits per heavy atom. The largest absolute Gasteiger partial charge is 0.493 e. The highest BCUT2D eigenvalue weighted by Crippen LogP contribution is 2.27. The fourth-order valence-corrected chi connectivity index (χ4v) is 2.11. The predicted octanol–water partition coefficient (Wildman–Crippen LogP) is 2.49. The molecule has 0 aliphatic rings. The highest BCUT2D eigenvalue weighted by molar-refractivity contribution is 5.93. The normalized spacial score (nSPS) is 10.4. The average molecular weight is 344 g/mol. The molecule has 2 N–H and O–H groups in total. The van der Waals surface area contributed by atoms with Gasteiger partial charge in [0.05, 0.1) is 19.8 Å². The fraction of sp³-hybridized carbons (Fsp3) is 0.389. The van der Waals surface area contributed by atoms with Crippen LogP contribution in [-0.2, 0) is 6.54 Å². The summed E-state index contributed by atoms with van der Waals surface area (Å²) >= 11 is 0. The summed E-state index contributed by atoms with van der Waals surface area (Å²) in [6, 6.07) is 5.50. The molecule has 0 spiro atoms. The first-order chi connectivity index (χ1) is 12.0. The van der Waals surface area contributed by atoms with Crippen molar-refractivity contribution in [3.63, 3.8) is 0 Å². The second-order valence-electron chi connectivity index (χ2n) is 5.94. The monoisotopic (exact) mass is 344 g/mol. The van der Waals surface area contributed by atoms with Crippen LogP contribution in [0.25, 0.3) is 0 Å².